The fraction of sp³-hybridized carbons (Fsp3) is 0.407. The van der Waals surface area contributed by atoms with Crippen molar-refractivity contribution in [2.75, 3.05) is 20.2 Å². The molecular weight excluding hydrogens is 436 g/mol. The summed E-state index contributed by atoms with van der Waals surface area (Å²) in [5.41, 5.74) is 2.30. The Bertz CT molecular complexity index is 1170. The van der Waals surface area contributed by atoms with E-state index < -0.39 is 6.10 Å². The Morgan fingerprint density at radius 1 is 1.24 bits per heavy atom. The first kappa shape index (κ1) is 22.2. The lowest BCUT2D eigenvalue weighted by Crippen LogP contribution is -2.55. The molecule has 0 radical (unpaired) electrons. The van der Waals surface area contributed by atoms with Crippen LogP contribution in [0.2, 0.25) is 5.02 Å². The van der Waals surface area contributed by atoms with Crippen LogP contribution >= 0.6 is 11.6 Å². The van der Waals surface area contributed by atoms with E-state index in [0.717, 1.165) is 41.7 Å². The van der Waals surface area contributed by atoms with Gasteiger partial charge in [0.2, 0.25) is 0 Å². The topological polar surface area (TPSA) is 51.7 Å². The van der Waals surface area contributed by atoms with Gasteiger partial charge < -0.3 is 9.47 Å². The standard InChI is InChI=1S/C27H29ClN2O3/c1-3-17-16-30-12-10-18(17)14-25(30)26(33-27(31)19-5-4-6-20(28)13-19)22-9-11-29-24-8-7-21(32-2)15-23(22)24/h4-9,11,13,15,17-18,25-26H,3,10,12,14,16H2,1-2H3/t17-,18-,25+,26-/m0/s1. The molecule has 3 aliphatic rings. The summed E-state index contributed by atoms with van der Waals surface area (Å²) >= 11 is 6.15. The summed E-state index contributed by atoms with van der Waals surface area (Å²) in [7, 11) is 1.66. The lowest BCUT2D eigenvalue weighted by molar-refractivity contribution is -0.0659. The highest BCUT2D eigenvalue weighted by molar-refractivity contribution is 6.30. The second kappa shape index (κ2) is 9.32. The number of hydrogen-bond donors (Lipinski definition) is 0. The van der Waals surface area contributed by atoms with Gasteiger partial charge in [-0.2, -0.15) is 0 Å². The molecule has 0 N–H and O–H groups in total. The summed E-state index contributed by atoms with van der Waals surface area (Å²) in [5.74, 6) is 1.78. The number of piperidine rings is 3. The van der Waals surface area contributed by atoms with Crippen LogP contribution in [-0.2, 0) is 4.74 Å². The average Bonchev–Trinajstić information content (AvgIpc) is 2.86. The van der Waals surface area contributed by atoms with Crippen molar-refractivity contribution in [3.8, 4) is 5.75 Å². The summed E-state index contributed by atoms with van der Waals surface area (Å²) in [6.07, 6.45) is 4.83. The highest BCUT2D eigenvalue weighted by atomic mass is 35.5. The monoisotopic (exact) mass is 464 g/mol. The van der Waals surface area contributed by atoms with Gasteiger partial charge in [-0.3, -0.25) is 9.88 Å². The van der Waals surface area contributed by atoms with E-state index in [2.05, 4.69) is 16.8 Å². The zero-order valence-corrected chi connectivity index (χ0v) is 19.8. The van der Waals surface area contributed by atoms with Gasteiger partial charge in [0.25, 0.3) is 0 Å². The van der Waals surface area contributed by atoms with Crippen LogP contribution in [0.1, 0.15) is 48.2 Å². The number of esters is 1. The number of benzene rings is 2. The molecular formula is C27H29ClN2O3. The fourth-order valence-electron chi connectivity index (χ4n) is 5.63. The maximum atomic E-state index is 13.3. The summed E-state index contributed by atoms with van der Waals surface area (Å²) in [6, 6.07) is 14.9. The Labute approximate surface area is 199 Å². The Hall–Kier alpha value is -2.63. The van der Waals surface area contributed by atoms with E-state index >= 15 is 0 Å². The lowest BCUT2D eigenvalue weighted by Gasteiger charge is -2.51. The zero-order valence-electron chi connectivity index (χ0n) is 19.0. The summed E-state index contributed by atoms with van der Waals surface area (Å²) in [4.78, 5) is 20.3. The Kier molecular flexibility index (Phi) is 6.26. The molecule has 0 spiro atoms. The molecule has 2 aromatic carbocycles. The second-order valence-electron chi connectivity index (χ2n) is 9.13. The van der Waals surface area contributed by atoms with E-state index in [0.29, 0.717) is 22.4 Å². The minimum atomic E-state index is -0.408. The van der Waals surface area contributed by atoms with Gasteiger partial charge in [-0.05, 0) is 73.7 Å². The van der Waals surface area contributed by atoms with Gasteiger partial charge in [0.05, 0.1) is 24.2 Å². The van der Waals surface area contributed by atoms with Crippen LogP contribution in [0.25, 0.3) is 10.9 Å². The molecule has 2 bridgehead atoms. The van der Waals surface area contributed by atoms with E-state index in [4.69, 9.17) is 21.1 Å². The first-order valence-electron chi connectivity index (χ1n) is 11.7. The van der Waals surface area contributed by atoms with E-state index in [9.17, 15) is 4.79 Å². The Morgan fingerprint density at radius 2 is 2.12 bits per heavy atom. The number of fused-ring (bicyclic) bond motifs is 4. The van der Waals surface area contributed by atoms with Crippen molar-refractivity contribution in [2.24, 2.45) is 11.8 Å². The van der Waals surface area contributed by atoms with E-state index in [1.165, 1.54) is 12.8 Å². The van der Waals surface area contributed by atoms with Gasteiger partial charge in [0.1, 0.15) is 11.9 Å². The molecule has 5 nitrogen and oxygen atoms in total. The summed E-state index contributed by atoms with van der Waals surface area (Å²) in [6.45, 7) is 4.38. The lowest BCUT2D eigenvalue weighted by atomic mass is 9.72. The van der Waals surface area contributed by atoms with Crippen LogP contribution in [0.5, 0.6) is 5.75 Å². The average molecular weight is 465 g/mol. The number of rotatable bonds is 6. The van der Waals surface area contributed by atoms with E-state index in [1.54, 1.807) is 37.6 Å². The molecule has 33 heavy (non-hydrogen) atoms. The Balaban J connectivity index is 1.56. The van der Waals surface area contributed by atoms with Crippen molar-refractivity contribution in [3.63, 3.8) is 0 Å². The van der Waals surface area contributed by atoms with Crippen LogP contribution < -0.4 is 4.74 Å². The first-order chi connectivity index (χ1) is 16.1. The molecule has 0 amide bonds. The maximum Gasteiger partial charge on any atom is 0.338 e. The first-order valence-corrected chi connectivity index (χ1v) is 12.1. The largest absolute Gasteiger partial charge is 0.497 e. The number of ether oxygens (including phenoxy) is 2. The van der Waals surface area contributed by atoms with Crippen molar-refractivity contribution in [1.29, 1.82) is 0 Å². The molecule has 3 fully saturated rings. The smallest absolute Gasteiger partial charge is 0.338 e. The van der Waals surface area contributed by atoms with E-state index in [-0.39, 0.29) is 12.0 Å². The molecule has 4 heterocycles. The normalized spacial score (nSPS) is 25.1. The van der Waals surface area contributed by atoms with Crippen molar-refractivity contribution >= 4 is 28.5 Å². The molecule has 3 saturated heterocycles. The van der Waals surface area contributed by atoms with Gasteiger partial charge in [0, 0.05) is 28.7 Å². The van der Waals surface area contributed by atoms with Gasteiger partial charge >= 0.3 is 5.97 Å². The third-order valence-electron chi connectivity index (χ3n) is 7.39. The van der Waals surface area contributed by atoms with E-state index in [1.807, 2.05) is 24.3 Å². The van der Waals surface area contributed by atoms with Crippen LogP contribution in [0.4, 0.5) is 0 Å². The van der Waals surface area contributed by atoms with Crippen LogP contribution in [0.15, 0.2) is 54.7 Å². The van der Waals surface area contributed by atoms with Gasteiger partial charge in [-0.1, -0.05) is 31.0 Å². The number of pyridine rings is 1. The van der Waals surface area contributed by atoms with Gasteiger partial charge in [-0.25, -0.2) is 4.79 Å². The fourth-order valence-corrected chi connectivity index (χ4v) is 5.82. The van der Waals surface area contributed by atoms with Gasteiger partial charge in [0.15, 0.2) is 0 Å². The van der Waals surface area contributed by atoms with Crippen molar-refractivity contribution in [3.05, 3.63) is 70.9 Å². The molecule has 5 atom stereocenters. The third kappa shape index (κ3) is 4.32. The second-order valence-corrected chi connectivity index (χ2v) is 9.57. The molecule has 3 aliphatic heterocycles. The number of aromatic nitrogens is 1. The minimum absolute atomic E-state index is 0.131. The molecule has 0 aliphatic carbocycles. The molecule has 0 saturated carbocycles. The number of carbonyl (C=O) groups excluding carboxylic acids is 1. The SMILES string of the molecule is CC[C@H]1CN2CC[C@H]1C[C@@H]2[C@@H](OC(=O)c1cccc(Cl)c1)c1ccnc2ccc(OC)cc12. The van der Waals surface area contributed by atoms with Crippen molar-refractivity contribution < 1.29 is 14.3 Å². The number of hydrogen-bond acceptors (Lipinski definition) is 5. The van der Waals surface area contributed by atoms with Gasteiger partial charge in [-0.15, -0.1) is 0 Å². The molecule has 172 valence electrons. The number of nitrogens with zero attached hydrogens (tertiary/aromatic N) is 2. The quantitative estimate of drug-likeness (QED) is 0.424. The number of halogens is 1. The van der Waals surface area contributed by atoms with Crippen molar-refractivity contribution in [2.45, 2.75) is 38.3 Å². The minimum Gasteiger partial charge on any atom is -0.497 e. The molecule has 1 aromatic heterocycles. The summed E-state index contributed by atoms with van der Waals surface area (Å²) < 4.78 is 11.8. The van der Waals surface area contributed by atoms with Crippen LogP contribution in [-0.4, -0.2) is 42.1 Å². The predicted molar refractivity (Wildman–Crippen MR) is 130 cm³/mol. The van der Waals surface area contributed by atoms with Crippen molar-refractivity contribution in [1.82, 2.24) is 9.88 Å². The number of methoxy groups -OCH3 is 1. The zero-order chi connectivity index (χ0) is 22.9. The third-order valence-corrected chi connectivity index (χ3v) is 7.63. The molecule has 6 heteroatoms. The molecule has 1 unspecified atom stereocenters. The molecule has 3 aromatic rings. The maximum absolute atomic E-state index is 13.3. The highest BCUT2D eigenvalue weighted by Crippen LogP contribution is 2.44. The molecule has 6 rings (SSSR count). The predicted octanol–water partition coefficient (Wildman–Crippen LogP) is 5.92. The highest BCUT2D eigenvalue weighted by Gasteiger charge is 2.44. The summed E-state index contributed by atoms with van der Waals surface area (Å²) in [5, 5.41) is 1.47. The Morgan fingerprint density at radius 3 is 2.85 bits per heavy atom. The van der Waals surface area contributed by atoms with Crippen LogP contribution in [0, 0.1) is 11.8 Å². The number of carbonyl (C=O) groups is 1. The van der Waals surface area contributed by atoms with Crippen LogP contribution in [0.3, 0.4) is 0 Å².